The van der Waals surface area contributed by atoms with E-state index < -0.39 is 6.23 Å². The van der Waals surface area contributed by atoms with E-state index in [1.54, 1.807) is 0 Å². The Bertz CT molecular complexity index is 403. The average Bonchev–Trinajstić information content (AvgIpc) is 2.62. The van der Waals surface area contributed by atoms with E-state index in [1.807, 2.05) is 24.5 Å². The van der Waals surface area contributed by atoms with Crippen LogP contribution >= 0.6 is 0 Å². The van der Waals surface area contributed by atoms with Gasteiger partial charge in [-0.1, -0.05) is 84.0 Å². The van der Waals surface area contributed by atoms with E-state index >= 15 is 0 Å². The summed E-state index contributed by atoms with van der Waals surface area (Å²) < 4.78 is 2.17. The van der Waals surface area contributed by atoms with Gasteiger partial charge in [0, 0.05) is 24.1 Å². The third-order valence-corrected chi connectivity index (χ3v) is 5.03. The van der Waals surface area contributed by atoms with Crippen LogP contribution in [0.3, 0.4) is 0 Å². The fraction of sp³-hybridized carbons (Fsp3) is 0.773. The highest BCUT2D eigenvalue weighted by atomic mass is 16.3. The number of hydrogen-bond donors (Lipinski definition) is 2. The van der Waals surface area contributed by atoms with Crippen molar-refractivity contribution in [2.45, 2.75) is 110 Å². The average molecular weight is 350 g/mol. The summed E-state index contributed by atoms with van der Waals surface area (Å²) in [6, 6.07) is 3.79. The molecule has 1 heterocycles. The molecule has 0 aromatic carbocycles. The molecule has 0 fully saturated rings. The number of unbranched alkanes of at least 4 members (excludes halogenated alkanes) is 13. The summed E-state index contributed by atoms with van der Waals surface area (Å²) in [7, 11) is 0. The van der Waals surface area contributed by atoms with Gasteiger partial charge in [0.25, 0.3) is 0 Å². The molecule has 0 saturated heterocycles. The normalized spacial score (nSPS) is 12.4. The number of nitrogens with zero attached hydrogens (tertiary/aromatic N) is 1. The van der Waals surface area contributed by atoms with Crippen LogP contribution in [-0.2, 0) is 6.54 Å². The zero-order chi connectivity index (χ0) is 18.2. The third kappa shape index (κ3) is 12.1. The first kappa shape index (κ1) is 22.1. The van der Waals surface area contributed by atoms with Crippen LogP contribution in [0.15, 0.2) is 24.5 Å². The van der Waals surface area contributed by atoms with E-state index in [0.29, 0.717) is 0 Å². The summed E-state index contributed by atoms with van der Waals surface area (Å²) in [5.41, 5.74) is 6.22. The van der Waals surface area contributed by atoms with Crippen LogP contribution in [0.1, 0.15) is 109 Å². The monoisotopic (exact) mass is 349 g/mol. The van der Waals surface area contributed by atoms with Crippen molar-refractivity contribution in [1.29, 1.82) is 0 Å². The number of aliphatic hydroxyl groups is 1. The summed E-state index contributed by atoms with van der Waals surface area (Å²) in [5.74, 6) is 0. The van der Waals surface area contributed by atoms with Crippen LogP contribution < -0.4 is 10.3 Å². The number of pyridine rings is 1. The van der Waals surface area contributed by atoms with Gasteiger partial charge in [0.1, 0.15) is 12.8 Å². The largest absolute Gasteiger partial charge is 0.375 e. The highest BCUT2D eigenvalue weighted by molar-refractivity contribution is 5.09. The summed E-state index contributed by atoms with van der Waals surface area (Å²) in [6.07, 6.45) is 22.7. The molecule has 1 aromatic rings. The first-order valence-electron chi connectivity index (χ1n) is 10.7. The van der Waals surface area contributed by atoms with E-state index in [0.717, 1.165) is 12.1 Å². The van der Waals surface area contributed by atoms with E-state index in [-0.39, 0.29) is 0 Å². The van der Waals surface area contributed by atoms with Gasteiger partial charge in [0.15, 0.2) is 12.4 Å². The molecule has 0 radical (unpaired) electrons. The van der Waals surface area contributed by atoms with Crippen molar-refractivity contribution in [2.75, 3.05) is 0 Å². The number of aryl methyl sites for hydroxylation is 1. The molecule has 3 heteroatoms. The van der Waals surface area contributed by atoms with Crippen LogP contribution in [0.25, 0.3) is 0 Å². The van der Waals surface area contributed by atoms with E-state index in [1.165, 1.54) is 89.9 Å². The van der Waals surface area contributed by atoms with Gasteiger partial charge in [0.2, 0.25) is 0 Å². The lowest BCUT2D eigenvalue weighted by Crippen LogP contribution is -2.33. The molecule has 0 saturated carbocycles. The van der Waals surface area contributed by atoms with Crippen molar-refractivity contribution in [2.24, 2.45) is 5.73 Å². The molecule has 144 valence electrons. The minimum absolute atomic E-state index is 0.775. The molecule has 1 unspecified atom stereocenters. The molecular weight excluding hydrogens is 308 g/mol. The van der Waals surface area contributed by atoms with Crippen molar-refractivity contribution in [1.82, 2.24) is 0 Å². The quantitative estimate of drug-likeness (QED) is 0.238. The summed E-state index contributed by atoms with van der Waals surface area (Å²) in [6.45, 7) is 3.34. The number of aromatic nitrogens is 1. The molecule has 0 aliphatic rings. The maximum Gasteiger partial charge on any atom is 0.169 e. The van der Waals surface area contributed by atoms with Gasteiger partial charge < -0.3 is 10.8 Å². The molecule has 0 aliphatic heterocycles. The van der Waals surface area contributed by atoms with Gasteiger partial charge in [-0.25, -0.2) is 4.57 Å². The number of rotatable bonds is 16. The van der Waals surface area contributed by atoms with Gasteiger partial charge >= 0.3 is 0 Å². The lowest BCUT2D eigenvalue weighted by atomic mass is 10.0. The minimum Gasteiger partial charge on any atom is -0.375 e. The Labute approximate surface area is 155 Å². The van der Waals surface area contributed by atoms with Gasteiger partial charge in [0.05, 0.1) is 0 Å². The Hall–Kier alpha value is -0.930. The highest BCUT2D eigenvalue weighted by Gasteiger charge is 2.04. The number of nitrogens with two attached hydrogens (primary N) is 1. The maximum absolute atomic E-state index is 9.29. The Kier molecular flexibility index (Phi) is 13.6. The molecule has 0 amide bonds. The van der Waals surface area contributed by atoms with Crippen molar-refractivity contribution in [3.63, 3.8) is 0 Å². The van der Waals surface area contributed by atoms with Gasteiger partial charge in [-0.3, -0.25) is 0 Å². The Morgan fingerprint density at radius 2 is 1.16 bits per heavy atom. The lowest BCUT2D eigenvalue weighted by molar-refractivity contribution is -0.697. The van der Waals surface area contributed by atoms with Crippen molar-refractivity contribution < 1.29 is 9.67 Å². The van der Waals surface area contributed by atoms with Crippen molar-refractivity contribution in [3.8, 4) is 0 Å². The molecular formula is C22H41N2O+. The first-order valence-corrected chi connectivity index (χ1v) is 10.7. The SMILES string of the molecule is CCCCCCCCCCCCCCCC[n+]1ccc(C(N)O)cc1. The van der Waals surface area contributed by atoms with E-state index in [2.05, 4.69) is 11.5 Å². The maximum atomic E-state index is 9.29. The molecule has 1 atom stereocenters. The molecule has 3 nitrogen and oxygen atoms in total. The molecule has 3 N–H and O–H groups in total. The van der Waals surface area contributed by atoms with Crippen LogP contribution in [0.2, 0.25) is 0 Å². The number of hydrogen-bond acceptors (Lipinski definition) is 2. The van der Waals surface area contributed by atoms with Crippen LogP contribution in [0.4, 0.5) is 0 Å². The van der Waals surface area contributed by atoms with Crippen molar-refractivity contribution in [3.05, 3.63) is 30.1 Å². The summed E-state index contributed by atoms with van der Waals surface area (Å²) >= 11 is 0. The fourth-order valence-corrected chi connectivity index (χ4v) is 3.30. The standard InChI is InChI=1S/C22H41N2O/c1-2-3-4-5-6-7-8-9-10-11-12-13-14-15-18-24-19-16-21(17-20-24)22(23)25/h16-17,19-20,22,25H,2-15,18,23H2,1H3/q+1. The molecule has 1 aromatic heterocycles. The topological polar surface area (TPSA) is 50.1 Å². The lowest BCUT2D eigenvalue weighted by Gasteiger charge is -2.04. The Balaban J connectivity index is 1.84. The van der Waals surface area contributed by atoms with Gasteiger partial charge in [-0.05, 0) is 6.42 Å². The summed E-state index contributed by atoms with van der Waals surface area (Å²) in [5, 5.41) is 9.29. The first-order chi connectivity index (χ1) is 12.2. The Morgan fingerprint density at radius 1 is 0.760 bits per heavy atom. The second-order valence-electron chi connectivity index (χ2n) is 7.41. The zero-order valence-electron chi connectivity index (χ0n) is 16.5. The third-order valence-electron chi connectivity index (χ3n) is 5.03. The predicted molar refractivity (Wildman–Crippen MR) is 106 cm³/mol. The second kappa shape index (κ2) is 15.3. The van der Waals surface area contributed by atoms with Crippen LogP contribution in [0, 0.1) is 0 Å². The van der Waals surface area contributed by atoms with E-state index in [9.17, 15) is 5.11 Å². The number of aliphatic hydroxyl groups excluding tert-OH is 1. The zero-order valence-corrected chi connectivity index (χ0v) is 16.5. The fourth-order valence-electron chi connectivity index (χ4n) is 3.30. The predicted octanol–water partition coefficient (Wildman–Crippen LogP) is 5.41. The Morgan fingerprint density at radius 3 is 1.56 bits per heavy atom. The van der Waals surface area contributed by atoms with Gasteiger partial charge in [-0.15, -0.1) is 0 Å². The molecule has 0 bridgehead atoms. The van der Waals surface area contributed by atoms with E-state index in [4.69, 9.17) is 5.73 Å². The summed E-state index contributed by atoms with van der Waals surface area (Å²) in [4.78, 5) is 0. The molecule has 1 rings (SSSR count). The van der Waals surface area contributed by atoms with Crippen molar-refractivity contribution >= 4 is 0 Å². The van der Waals surface area contributed by atoms with Crippen LogP contribution in [0.5, 0.6) is 0 Å². The molecule has 0 aliphatic carbocycles. The highest BCUT2D eigenvalue weighted by Crippen LogP contribution is 2.13. The molecule has 25 heavy (non-hydrogen) atoms. The van der Waals surface area contributed by atoms with Gasteiger partial charge in [-0.2, -0.15) is 0 Å². The minimum atomic E-state index is -0.865. The van der Waals surface area contributed by atoms with Crippen LogP contribution in [-0.4, -0.2) is 5.11 Å². The second-order valence-corrected chi connectivity index (χ2v) is 7.41. The smallest absolute Gasteiger partial charge is 0.169 e. The molecule has 0 spiro atoms.